The van der Waals surface area contributed by atoms with E-state index >= 15 is 0 Å². The summed E-state index contributed by atoms with van der Waals surface area (Å²) in [4.78, 5) is 25.3. The molecule has 0 spiro atoms. The second-order valence-corrected chi connectivity index (χ2v) is 12.9. The minimum Gasteiger partial charge on any atom is -0.487 e. The number of carbonyl (C=O) groups is 2. The summed E-state index contributed by atoms with van der Waals surface area (Å²) in [7, 11) is 0. The number of benzene rings is 3. The Labute approximate surface area is 280 Å². The molecule has 2 fully saturated rings. The predicted octanol–water partition coefficient (Wildman–Crippen LogP) is 7.71. The van der Waals surface area contributed by atoms with Crippen LogP contribution < -0.4 is 4.74 Å². The van der Waals surface area contributed by atoms with E-state index in [4.69, 9.17) is 18.9 Å². The summed E-state index contributed by atoms with van der Waals surface area (Å²) < 4.78 is 50.7. The van der Waals surface area contributed by atoms with Crippen LogP contribution in [0.5, 0.6) is 5.75 Å². The van der Waals surface area contributed by atoms with Crippen LogP contribution in [-0.2, 0) is 19.0 Å². The molecule has 256 valence electrons. The van der Waals surface area contributed by atoms with E-state index in [1.807, 2.05) is 62.4 Å². The van der Waals surface area contributed by atoms with Crippen LogP contribution in [0.15, 0.2) is 84.9 Å². The second kappa shape index (κ2) is 16.8. The van der Waals surface area contributed by atoms with Crippen molar-refractivity contribution >= 4 is 11.9 Å². The van der Waals surface area contributed by atoms with Crippen molar-refractivity contribution < 1.29 is 42.4 Å². The Balaban J connectivity index is 1.24. The average molecular weight is 663 g/mol. The molecule has 3 aromatic carbocycles. The van der Waals surface area contributed by atoms with Gasteiger partial charge in [-0.25, -0.2) is 13.6 Å². The van der Waals surface area contributed by atoms with E-state index in [1.54, 1.807) is 18.2 Å². The standard InChI is InChI=1S/C39H44F2O7/c1-25(2)47-38(43)10-6-7-26-11-18-32-33(19-17-31(42)24-46-37-21-30(40)16-20-34(37)41)36(22-35(32)45-23-26)48-39(44)29-14-12-28(13-15-29)27-8-4-3-5-9-27/h3-5,8-9,12-17,19-21,25-26,31-33,35-36,42H,6-7,10-11,18,22-24H2,1-2H3/b19-17+/t26-,31+,32+,33+,35-,36+/m0/s1. The highest BCUT2D eigenvalue weighted by molar-refractivity contribution is 5.90. The number of fused-ring (bicyclic) bond motifs is 1. The first-order valence-corrected chi connectivity index (χ1v) is 16.8. The zero-order valence-corrected chi connectivity index (χ0v) is 27.4. The fourth-order valence-corrected chi connectivity index (χ4v) is 6.61. The maximum atomic E-state index is 14.0. The third-order valence-corrected chi connectivity index (χ3v) is 9.02. The maximum Gasteiger partial charge on any atom is 0.338 e. The van der Waals surface area contributed by atoms with Gasteiger partial charge in [0.25, 0.3) is 0 Å². The summed E-state index contributed by atoms with van der Waals surface area (Å²) in [6.07, 6.45) is 5.65. The lowest BCUT2D eigenvalue weighted by Crippen LogP contribution is -2.25. The zero-order chi connectivity index (χ0) is 34.0. The van der Waals surface area contributed by atoms with Crippen molar-refractivity contribution in [2.24, 2.45) is 17.8 Å². The van der Waals surface area contributed by atoms with E-state index in [0.29, 0.717) is 25.0 Å². The molecule has 48 heavy (non-hydrogen) atoms. The molecule has 1 aliphatic carbocycles. The van der Waals surface area contributed by atoms with Crippen molar-refractivity contribution in [3.05, 3.63) is 102 Å². The number of halogens is 2. The van der Waals surface area contributed by atoms with Crippen molar-refractivity contribution in [3.63, 3.8) is 0 Å². The molecule has 2 aliphatic rings. The van der Waals surface area contributed by atoms with Gasteiger partial charge < -0.3 is 24.1 Å². The van der Waals surface area contributed by atoms with E-state index in [-0.39, 0.29) is 48.3 Å². The highest BCUT2D eigenvalue weighted by Crippen LogP contribution is 2.43. The minimum atomic E-state index is -1.11. The SMILES string of the molecule is CC(C)OC(=O)CCC[C@H]1CC[C@@H]2[C@@H](/C=C/[C@@H](O)COc3cc(F)ccc3F)[C@H](OC(=O)c3ccc(-c4ccccc4)cc3)C[C@@H]2OC1. The Morgan fingerprint density at radius 1 is 1.00 bits per heavy atom. The van der Waals surface area contributed by atoms with Gasteiger partial charge in [-0.1, -0.05) is 54.6 Å². The molecule has 7 nitrogen and oxygen atoms in total. The highest BCUT2D eigenvalue weighted by atomic mass is 19.1. The van der Waals surface area contributed by atoms with Crippen LogP contribution in [0.2, 0.25) is 0 Å². The monoisotopic (exact) mass is 662 g/mol. The van der Waals surface area contributed by atoms with E-state index in [2.05, 4.69) is 0 Å². The molecule has 9 heteroatoms. The van der Waals surface area contributed by atoms with E-state index in [9.17, 15) is 23.5 Å². The number of hydrogen-bond donors (Lipinski definition) is 1. The Morgan fingerprint density at radius 3 is 2.50 bits per heavy atom. The lowest BCUT2D eigenvalue weighted by atomic mass is 9.86. The summed E-state index contributed by atoms with van der Waals surface area (Å²) in [6.45, 7) is 3.94. The van der Waals surface area contributed by atoms with Crippen molar-refractivity contribution in [1.82, 2.24) is 0 Å². The minimum absolute atomic E-state index is 0.0317. The molecule has 1 saturated carbocycles. The van der Waals surface area contributed by atoms with E-state index < -0.39 is 29.8 Å². The molecule has 1 heterocycles. The topological polar surface area (TPSA) is 91.3 Å². The quantitative estimate of drug-likeness (QED) is 0.148. The van der Waals surface area contributed by atoms with Gasteiger partial charge in [0.15, 0.2) is 11.6 Å². The molecule has 6 atom stereocenters. The number of carbonyl (C=O) groups excluding carboxylic acids is 2. The smallest absolute Gasteiger partial charge is 0.338 e. The number of aliphatic hydroxyl groups is 1. The van der Waals surface area contributed by atoms with Crippen LogP contribution >= 0.6 is 0 Å². The Hall–Kier alpha value is -4.08. The molecule has 5 rings (SSSR count). The number of rotatable bonds is 13. The second-order valence-electron chi connectivity index (χ2n) is 12.9. The average Bonchev–Trinajstić information content (AvgIpc) is 3.27. The van der Waals surface area contributed by atoms with Crippen molar-refractivity contribution in [2.45, 2.75) is 76.8 Å². The van der Waals surface area contributed by atoms with Crippen LogP contribution in [0.1, 0.15) is 62.7 Å². The predicted molar refractivity (Wildman–Crippen MR) is 177 cm³/mol. The largest absolute Gasteiger partial charge is 0.487 e. The first-order valence-electron chi connectivity index (χ1n) is 16.8. The third kappa shape index (κ3) is 9.73. The molecule has 3 aromatic rings. The molecule has 0 radical (unpaired) electrons. The fourth-order valence-electron chi connectivity index (χ4n) is 6.61. The molecule has 1 aliphatic heterocycles. The van der Waals surface area contributed by atoms with Crippen LogP contribution in [-0.4, -0.2) is 54.7 Å². The van der Waals surface area contributed by atoms with Gasteiger partial charge in [0.2, 0.25) is 0 Å². The number of ether oxygens (including phenoxy) is 4. The molecular formula is C39H44F2O7. The van der Waals surface area contributed by atoms with Crippen molar-refractivity contribution in [2.75, 3.05) is 13.2 Å². The highest BCUT2D eigenvalue weighted by Gasteiger charge is 2.46. The summed E-state index contributed by atoms with van der Waals surface area (Å²) in [6, 6.07) is 20.1. The Morgan fingerprint density at radius 2 is 1.75 bits per heavy atom. The molecule has 0 unspecified atom stereocenters. The van der Waals surface area contributed by atoms with E-state index in [1.165, 1.54) is 0 Å². The zero-order valence-electron chi connectivity index (χ0n) is 27.4. The lowest BCUT2D eigenvalue weighted by Gasteiger charge is -2.23. The third-order valence-electron chi connectivity index (χ3n) is 9.02. The first kappa shape index (κ1) is 35.2. The lowest BCUT2D eigenvalue weighted by molar-refractivity contribution is -0.147. The fraction of sp³-hybridized carbons (Fsp3) is 0.436. The Bertz CT molecular complexity index is 1530. The number of esters is 2. The van der Waals surface area contributed by atoms with Crippen LogP contribution in [0.3, 0.4) is 0 Å². The molecular weight excluding hydrogens is 618 g/mol. The van der Waals surface area contributed by atoms with Crippen molar-refractivity contribution in [3.8, 4) is 16.9 Å². The summed E-state index contributed by atoms with van der Waals surface area (Å²) >= 11 is 0. The maximum absolute atomic E-state index is 14.0. The Kier molecular flexibility index (Phi) is 12.4. The van der Waals surface area contributed by atoms with Crippen LogP contribution in [0, 0.1) is 29.4 Å². The van der Waals surface area contributed by atoms with Crippen LogP contribution in [0.25, 0.3) is 11.1 Å². The summed E-state index contributed by atoms with van der Waals surface area (Å²) in [5.74, 6) is -2.21. The number of aliphatic hydroxyl groups excluding tert-OH is 1. The van der Waals surface area contributed by atoms with Gasteiger partial charge in [0, 0.05) is 31.4 Å². The van der Waals surface area contributed by atoms with Gasteiger partial charge in [-0.15, -0.1) is 0 Å². The van der Waals surface area contributed by atoms with Gasteiger partial charge in [0.1, 0.15) is 24.6 Å². The number of hydrogen-bond acceptors (Lipinski definition) is 7. The van der Waals surface area contributed by atoms with E-state index in [0.717, 1.165) is 55.0 Å². The van der Waals surface area contributed by atoms with Crippen LogP contribution in [0.4, 0.5) is 8.78 Å². The molecule has 0 bridgehead atoms. The summed E-state index contributed by atoms with van der Waals surface area (Å²) in [5, 5.41) is 10.7. The van der Waals surface area contributed by atoms with Gasteiger partial charge in [-0.3, -0.25) is 4.79 Å². The van der Waals surface area contributed by atoms with Crippen molar-refractivity contribution in [1.29, 1.82) is 0 Å². The van der Waals surface area contributed by atoms with Gasteiger partial charge in [0.05, 0.1) is 17.8 Å². The molecule has 1 saturated heterocycles. The molecule has 0 amide bonds. The van der Waals surface area contributed by atoms with Gasteiger partial charge in [-0.05, 0) is 86.8 Å². The van der Waals surface area contributed by atoms with Gasteiger partial charge in [-0.2, -0.15) is 0 Å². The molecule has 0 aromatic heterocycles. The molecule has 1 N–H and O–H groups in total. The first-order chi connectivity index (χ1) is 23.2. The summed E-state index contributed by atoms with van der Waals surface area (Å²) in [5.41, 5.74) is 2.48. The normalized spacial score (nSPS) is 23.0. The van der Waals surface area contributed by atoms with Gasteiger partial charge >= 0.3 is 11.9 Å².